The Balaban J connectivity index is 0.00000289. The van der Waals surface area contributed by atoms with Gasteiger partial charge in [-0.3, -0.25) is 9.79 Å². The molecule has 1 aliphatic heterocycles. The third-order valence-corrected chi connectivity index (χ3v) is 6.54. The number of aromatic amines is 1. The van der Waals surface area contributed by atoms with Gasteiger partial charge in [-0.1, -0.05) is 0 Å². The summed E-state index contributed by atoms with van der Waals surface area (Å²) in [4.78, 5) is 23.6. The number of amides is 1. The standard InChI is InChI=1S/C23H28FN5OS.HI/c1-2-25-23(26-9-5-16-14-28-20-4-3-18(24)13-19(16)20)27-10-6-22(30)29-11-7-21-17(15-29)8-12-31-21;/h3-4,8,12-14,28H,2,5-7,9-11,15H2,1H3,(H2,25,26,27);1H. The van der Waals surface area contributed by atoms with Gasteiger partial charge in [0.25, 0.3) is 0 Å². The first-order chi connectivity index (χ1) is 15.1. The van der Waals surface area contributed by atoms with E-state index in [2.05, 4.69) is 32.1 Å². The van der Waals surface area contributed by atoms with E-state index in [-0.39, 0.29) is 35.7 Å². The van der Waals surface area contributed by atoms with E-state index in [0.717, 1.165) is 42.4 Å². The van der Waals surface area contributed by atoms with Crippen LogP contribution in [0.25, 0.3) is 10.9 Å². The zero-order chi connectivity index (χ0) is 21.6. The molecule has 1 amide bonds. The van der Waals surface area contributed by atoms with E-state index in [1.807, 2.05) is 18.0 Å². The summed E-state index contributed by atoms with van der Waals surface area (Å²) in [7, 11) is 0. The Kier molecular flexibility index (Phi) is 8.92. The summed E-state index contributed by atoms with van der Waals surface area (Å²) >= 11 is 1.78. The highest BCUT2D eigenvalue weighted by Gasteiger charge is 2.20. The van der Waals surface area contributed by atoms with Crippen LogP contribution in [0.3, 0.4) is 0 Å². The van der Waals surface area contributed by atoms with Gasteiger partial charge >= 0.3 is 0 Å². The number of benzene rings is 1. The summed E-state index contributed by atoms with van der Waals surface area (Å²) in [6, 6.07) is 6.89. The van der Waals surface area contributed by atoms with Crippen molar-refractivity contribution in [2.75, 3.05) is 26.2 Å². The lowest BCUT2D eigenvalue weighted by atomic mass is 10.1. The van der Waals surface area contributed by atoms with Crippen LogP contribution in [0.2, 0.25) is 0 Å². The fourth-order valence-corrected chi connectivity index (χ4v) is 4.79. The molecule has 4 rings (SSSR count). The highest BCUT2D eigenvalue weighted by atomic mass is 127. The monoisotopic (exact) mass is 569 g/mol. The van der Waals surface area contributed by atoms with Crippen molar-refractivity contribution in [3.63, 3.8) is 0 Å². The van der Waals surface area contributed by atoms with Gasteiger partial charge in [-0.05, 0) is 60.5 Å². The maximum absolute atomic E-state index is 13.6. The topological polar surface area (TPSA) is 72.5 Å². The Morgan fingerprint density at radius 2 is 2.19 bits per heavy atom. The molecule has 32 heavy (non-hydrogen) atoms. The number of nitrogens with one attached hydrogen (secondary N) is 3. The van der Waals surface area contributed by atoms with Crippen LogP contribution in [-0.2, 0) is 24.2 Å². The fraction of sp³-hybridized carbons (Fsp3) is 0.391. The van der Waals surface area contributed by atoms with Crippen molar-refractivity contribution < 1.29 is 9.18 Å². The predicted octanol–water partition coefficient (Wildman–Crippen LogP) is 4.06. The molecule has 0 unspecified atom stereocenters. The van der Waals surface area contributed by atoms with Gasteiger partial charge in [0.15, 0.2) is 5.96 Å². The molecule has 0 radical (unpaired) electrons. The van der Waals surface area contributed by atoms with Crippen molar-refractivity contribution in [1.82, 2.24) is 20.5 Å². The van der Waals surface area contributed by atoms with Crippen LogP contribution >= 0.6 is 35.3 Å². The summed E-state index contributed by atoms with van der Waals surface area (Å²) < 4.78 is 13.6. The minimum atomic E-state index is -0.232. The molecule has 0 atom stereocenters. The number of carbonyl (C=O) groups is 1. The van der Waals surface area contributed by atoms with Crippen LogP contribution in [0.1, 0.15) is 29.3 Å². The molecule has 172 valence electrons. The van der Waals surface area contributed by atoms with E-state index in [1.165, 1.54) is 16.5 Å². The minimum absolute atomic E-state index is 0. The summed E-state index contributed by atoms with van der Waals surface area (Å²) in [6.07, 6.45) is 4.01. The Bertz CT molecular complexity index is 1080. The van der Waals surface area contributed by atoms with Gasteiger partial charge in [0.05, 0.1) is 6.54 Å². The van der Waals surface area contributed by atoms with Gasteiger partial charge in [0.2, 0.25) is 5.91 Å². The average Bonchev–Trinajstić information content (AvgIpc) is 3.40. The van der Waals surface area contributed by atoms with Gasteiger partial charge < -0.3 is 20.5 Å². The van der Waals surface area contributed by atoms with Crippen molar-refractivity contribution in [2.24, 2.45) is 4.99 Å². The highest BCUT2D eigenvalue weighted by Crippen LogP contribution is 2.24. The normalized spacial score (nSPS) is 13.6. The van der Waals surface area contributed by atoms with Crippen molar-refractivity contribution in [3.8, 4) is 0 Å². The van der Waals surface area contributed by atoms with Crippen LogP contribution in [0.4, 0.5) is 4.39 Å². The first-order valence-electron chi connectivity index (χ1n) is 10.7. The molecule has 1 aromatic carbocycles. The summed E-state index contributed by atoms with van der Waals surface area (Å²) in [5.41, 5.74) is 3.27. The van der Waals surface area contributed by atoms with Gasteiger partial charge in [-0.25, -0.2) is 4.39 Å². The lowest BCUT2D eigenvalue weighted by Crippen LogP contribution is -2.39. The van der Waals surface area contributed by atoms with Crippen LogP contribution in [0, 0.1) is 5.82 Å². The molecule has 3 heterocycles. The van der Waals surface area contributed by atoms with Crippen molar-refractivity contribution >= 4 is 58.1 Å². The summed E-state index contributed by atoms with van der Waals surface area (Å²) in [5.74, 6) is 0.613. The second-order valence-corrected chi connectivity index (χ2v) is 8.63. The largest absolute Gasteiger partial charge is 0.361 e. The molecular formula is C23H29FIN5OS. The second kappa shape index (κ2) is 11.6. The third-order valence-electron chi connectivity index (χ3n) is 5.52. The van der Waals surface area contributed by atoms with Gasteiger partial charge in [0.1, 0.15) is 5.82 Å². The molecule has 3 aromatic rings. The number of aromatic nitrogens is 1. The Morgan fingerprint density at radius 1 is 1.31 bits per heavy atom. The van der Waals surface area contributed by atoms with E-state index in [1.54, 1.807) is 23.5 Å². The zero-order valence-electron chi connectivity index (χ0n) is 18.1. The number of hydrogen-bond acceptors (Lipinski definition) is 3. The SMILES string of the molecule is CCNC(=NCCC(=O)N1CCc2sccc2C1)NCCc1c[nH]c2ccc(F)cc12.I. The molecule has 0 saturated heterocycles. The van der Waals surface area contributed by atoms with Crippen LogP contribution in [-0.4, -0.2) is 47.9 Å². The molecule has 9 heteroatoms. The van der Waals surface area contributed by atoms with E-state index >= 15 is 0 Å². The maximum Gasteiger partial charge on any atom is 0.224 e. The van der Waals surface area contributed by atoms with Crippen molar-refractivity contribution in [2.45, 2.75) is 32.7 Å². The minimum Gasteiger partial charge on any atom is -0.361 e. The number of aliphatic imine (C=N–C) groups is 1. The Labute approximate surface area is 208 Å². The lowest BCUT2D eigenvalue weighted by molar-refractivity contribution is -0.131. The molecule has 3 N–H and O–H groups in total. The molecule has 0 saturated carbocycles. The molecule has 1 aliphatic rings. The van der Waals surface area contributed by atoms with E-state index in [9.17, 15) is 9.18 Å². The van der Waals surface area contributed by atoms with Gasteiger partial charge in [-0.15, -0.1) is 35.3 Å². The van der Waals surface area contributed by atoms with Crippen LogP contribution in [0.5, 0.6) is 0 Å². The first-order valence-corrected chi connectivity index (χ1v) is 11.6. The number of H-pyrrole nitrogens is 1. The molecule has 6 nitrogen and oxygen atoms in total. The smallest absolute Gasteiger partial charge is 0.224 e. The molecule has 0 bridgehead atoms. The third kappa shape index (κ3) is 6.00. The average molecular weight is 569 g/mol. The first kappa shape index (κ1) is 24.5. The Hall–Kier alpha value is -2.14. The number of guanidine groups is 1. The quantitative estimate of drug-likeness (QED) is 0.229. The van der Waals surface area contributed by atoms with Crippen LogP contribution < -0.4 is 10.6 Å². The predicted molar refractivity (Wildman–Crippen MR) is 139 cm³/mol. The molecule has 0 spiro atoms. The number of rotatable bonds is 7. The number of carbonyl (C=O) groups excluding carboxylic acids is 1. The molecular weight excluding hydrogens is 540 g/mol. The fourth-order valence-electron chi connectivity index (χ4n) is 3.90. The van der Waals surface area contributed by atoms with Gasteiger partial charge in [0, 0.05) is 54.6 Å². The van der Waals surface area contributed by atoms with E-state index < -0.39 is 0 Å². The zero-order valence-corrected chi connectivity index (χ0v) is 21.3. The molecule has 0 fully saturated rings. The van der Waals surface area contributed by atoms with Crippen molar-refractivity contribution in [1.29, 1.82) is 0 Å². The maximum atomic E-state index is 13.6. The molecule has 0 aliphatic carbocycles. The number of nitrogens with zero attached hydrogens (tertiary/aromatic N) is 2. The van der Waals surface area contributed by atoms with Gasteiger partial charge in [-0.2, -0.15) is 0 Å². The number of halogens is 2. The van der Waals surface area contributed by atoms with Crippen molar-refractivity contribution in [3.05, 3.63) is 57.7 Å². The molecule has 2 aromatic heterocycles. The summed E-state index contributed by atoms with van der Waals surface area (Å²) in [6.45, 7) is 5.36. The van der Waals surface area contributed by atoms with Crippen LogP contribution in [0.15, 0.2) is 40.8 Å². The number of hydrogen-bond donors (Lipinski definition) is 3. The number of fused-ring (bicyclic) bond motifs is 2. The second-order valence-electron chi connectivity index (χ2n) is 7.63. The van der Waals surface area contributed by atoms with E-state index in [4.69, 9.17) is 0 Å². The summed E-state index contributed by atoms with van der Waals surface area (Å²) in [5, 5.41) is 9.54. The highest BCUT2D eigenvalue weighted by molar-refractivity contribution is 14.0. The van der Waals surface area contributed by atoms with E-state index in [0.29, 0.717) is 32.0 Å². The lowest BCUT2D eigenvalue weighted by Gasteiger charge is -2.26. The Morgan fingerprint density at radius 3 is 3.03 bits per heavy atom. The number of thiophene rings is 1.